The Kier molecular flexibility index (Phi) is 5.28. The molecule has 0 amide bonds. The fourth-order valence-electron chi connectivity index (χ4n) is 0.970. The van der Waals surface area contributed by atoms with Gasteiger partial charge in [-0.1, -0.05) is 11.6 Å². The first-order valence-corrected chi connectivity index (χ1v) is 5.72. The van der Waals surface area contributed by atoms with E-state index < -0.39 is 0 Å². The van der Waals surface area contributed by atoms with Crippen molar-refractivity contribution in [3.05, 3.63) is 29.3 Å². The molecular weight excluding hydrogens is 202 g/mol. The SMILES string of the molecule is CNCCCSc1ccc(Cl)cc1. The molecule has 0 unspecified atom stereocenters. The highest BCUT2D eigenvalue weighted by molar-refractivity contribution is 7.99. The zero-order valence-electron chi connectivity index (χ0n) is 7.72. The molecule has 72 valence electrons. The van der Waals surface area contributed by atoms with Crippen LogP contribution in [0.3, 0.4) is 0 Å². The number of hydrogen-bond donors (Lipinski definition) is 1. The van der Waals surface area contributed by atoms with E-state index >= 15 is 0 Å². The monoisotopic (exact) mass is 215 g/mol. The summed E-state index contributed by atoms with van der Waals surface area (Å²) in [5.74, 6) is 1.16. The summed E-state index contributed by atoms with van der Waals surface area (Å²) in [5, 5.41) is 3.93. The van der Waals surface area contributed by atoms with E-state index in [0.29, 0.717) is 0 Å². The molecule has 0 bridgehead atoms. The zero-order chi connectivity index (χ0) is 9.52. The Hall–Kier alpha value is -0.180. The van der Waals surface area contributed by atoms with Crippen molar-refractivity contribution in [1.29, 1.82) is 0 Å². The second kappa shape index (κ2) is 6.30. The van der Waals surface area contributed by atoms with Crippen LogP contribution in [0.1, 0.15) is 6.42 Å². The van der Waals surface area contributed by atoms with Gasteiger partial charge in [-0.3, -0.25) is 0 Å². The first kappa shape index (κ1) is 10.9. The smallest absolute Gasteiger partial charge is 0.0406 e. The molecule has 1 aromatic rings. The number of nitrogens with one attached hydrogen (secondary N) is 1. The lowest BCUT2D eigenvalue weighted by Crippen LogP contribution is -2.07. The molecule has 0 saturated heterocycles. The fourth-order valence-corrected chi connectivity index (χ4v) is 1.95. The Morgan fingerprint density at radius 1 is 1.31 bits per heavy atom. The third-order valence-corrected chi connectivity index (χ3v) is 3.00. The molecule has 0 saturated carbocycles. The van der Waals surface area contributed by atoms with Crippen LogP contribution in [0.25, 0.3) is 0 Å². The molecule has 0 aliphatic heterocycles. The van der Waals surface area contributed by atoms with Crippen LogP contribution in [-0.2, 0) is 0 Å². The van der Waals surface area contributed by atoms with Crippen molar-refractivity contribution in [2.75, 3.05) is 19.3 Å². The molecule has 0 atom stereocenters. The maximum Gasteiger partial charge on any atom is 0.0406 e. The lowest BCUT2D eigenvalue weighted by atomic mass is 10.4. The van der Waals surface area contributed by atoms with Crippen LogP contribution in [0.2, 0.25) is 5.02 Å². The molecule has 0 fully saturated rings. The minimum absolute atomic E-state index is 0.805. The summed E-state index contributed by atoms with van der Waals surface area (Å²) in [6, 6.07) is 7.99. The van der Waals surface area contributed by atoms with Gasteiger partial charge in [-0.25, -0.2) is 0 Å². The highest BCUT2D eigenvalue weighted by Crippen LogP contribution is 2.20. The van der Waals surface area contributed by atoms with Crippen LogP contribution >= 0.6 is 23.4 Å². The van der Waals surface area contributed by atoms with E-state index in [-0.39, 0.29) is 0 Å². The van der Waals surface area contributed by atoms with Crippen molar-refractivity contribution >= 4 is 23.4 Å². The van der Waals surface area contributed by atoms with Gasteiger partial charge in [-0.2, -0.15) is 0 Å². The Bertz CT molecular complexity index is 235. The van der Waals surface area contributed by atoms with Gasteiger partial charge in [0.05, 0.1) is 0 Å². The minimum atomic E-state index is 0.805. The molecule has 0 heterocycles. The number of hydrogen-bond acceptors (Lipinski definition) is 2. The number of halogens is 1. The van der Waals surface area contributed by atoms with Crippen molar-refractivity contribution in [1.82, 2.24) is 5.32 Å². The zero-order valence-corrected chi connectivity index (χ0v) is 9.29. The van der Waals surface area contributed by atoms with Gasteiger partial charge in [0.2, 0.25) is 0 Å². The van der Waals surface area contributed by atoms with Crippen LogP contribution in [-0.4, -0.2) is 19.3 Å². The maximum atomic E-state index is 5.78. The summed E-state index contributed by atoms with van der Waals surface area (Å²) >= 11 is 7.65. The highest BCUT2D eigenvalue weighted by atomic mass is 35.5. The summed E-state index contributed by atoms with van der Waals surface area (Å²) in [5.41, 5.74) is 0. The van der Waals surface area contributed by atoms with Gasteiger partial charge >= 0.3 is 0 Å². The molecule has 0 aliphatic carbocycles. The van der Waals surface area contributed by atoms with Gasteiger partial charge in [0.1, 0.15) is 0 Å². The summed E-state index contributed by atoms with van der Waals surface area (Å²) in [4.78, 5) is 1.29. The van der Waals surface area contributed by atoms with Gasteiger partial charge in [0.25, 0.3) is 0 Å². The summed E-state index contributed by atoms with van der Waals surface area (Å²) in [6.45, 7) is 1.08. The fraction of sp³-hybridized carbons (Fsp3) is 0.400. The summed E-state index contributed by atoms with van der Waals surface area (Å²) < 4.78 is 0. The summed E-state index contributed by atoms with van der Waals surface area (Å²) in [7, 11) is 1.98. The molecule has 0 aromatic heterocycles. The van der Waals surface area contributed by atoms with Gasteiger partial charge in [-0.15, -0.1) is 11.8 Å². The lowest BCUT2D eigenvalue weighted by molar-refractivity contribution is 0.778. The maximum absolute atomic E-state index is 5.78. The third kappa shape index (κ3) is 4.55. The molecule has 1 rings (SSSR count). The Labute approximate surface area is 88.9 Å². The lowest BCUT2D eigenvalue weighted by Gasteiger charge is -2.01. The Morgan fingerprint density at radius 3 is 2.62 bits per heavy atom. The largest absolute Gasteiger partial charge is 0.320 e. The Balaban J connectivity index is 2.25. The van der Waals surface area contributed by atoms with Gasteiger partial charge in [0, 0.05) is 9.92 Å². The molecule has 13 heavy (non-hydrogen) atoms. The standard InChI is InChI=1S/C10H14ClNS/c1-12-7-2-8-13-10-5-3-9(11)4-6-10/h3-6,12H,2,7-8H2,1H3. The van der Waals surface area contributed by atoms with Crippen LogP contribution in [0.15, 0.2) is 29.2 Å². The number of rotatable bonds is 5. The van der Waals surface area contributed by atoms with Crippen LogP contribution in [0.4, 0.5) is 0 Å². The quantitative estimate of drug-likeness (QED) is 0.599. The van der Waals surface area contributed by atoms with E-state index in [4.69, 9.17) is 11.6 Å². The average Bonchev–Trinajstić information content (AvgIpc) is 2.15. The molecule has 0 radical (unpaired) electrons. The minimum Gasteiger partial charge on any atom is -0.320 e. The third-order valence-electron chi connectivity index (χ3n) is 1.65. The number of benzene rings is 1. The van der Waals surface area contributed by atoms with E-state index in [0.717, 1.165) is 17.3 Å². The van der Waals surface area contributed by atoms with Crippen molar-refractivity contribution in [2.24, 2.45) is 0 Å². The highest BCUT2D eigenvalue weighted by Gasteiger charge is 1.93. The van der Waals surface area contributed by atoms with Crippen LogP contribution in [0.5, 0.6) is 0 Å². The molecule has 0 aliphatic rings. The predicted octanol–water partition coefficient (Wildman–Crippen LogP) is 3.04. The van der Waals surface area contributed by atoms with Crippen LogP contribution < -0.4 is 5.32 Å². The second-order valence-electron chi connectivity index (χ2n) is 2.76. The first-order valence-electron chi connectivity index (χ1n) is 4.36. The van der Waals surface area contributed by atoms with E-state index in [1.165, 1.54) is 11.3 Å². The van der Waals surface area contributed by atoms with Crippen molar-refractivity contribution in [2.45, 2.75) is 11.3 Å². The molecule has 1 aromatic carbocycles. The van der Waals surface area contributed by atoms with Crippen molar-refractivity contribution in [3.63, 3.8) is 0 Å². The van der Waals surface area contributed by atoms with Gasteiger partial charge in [0.15, 0.2) is 0 Å². The predicted molar refractivity (Wildman–Crippen MR) is 60.7 cm³/mol. The average molecular weight is 216 g/mol. The van der Waals surface area contributed by atoms with E-state index in [9.17, 15) is 0 Å². The normalized spacial score (nSPS) is 10.3. The van der Waals surface area contributed by atoms with Gasteiger partial charge in [-0.05, 0) is 50.0 Å². The van der Waals surface area contributed by atoms with Gasteiger partial charge < -0.3 is 5.32 Å². The Morgan fingerprint density at radius 2 is 2.00 bits per heavy atom. The second-order valence-corrected chi connectivity index (χ2v) is 4.36. The number of thioether (sulfide) groups is 1. The molecule has 1 N–H and O–H groups in total. The molecular formula is C10H14ClNS. The topological polar surface area (TPSA) is 12.0 Å². The van der Waals surface area contributed by atoms with Crippen LogP contribution in [0, 0.1) is 0 Å². The molecule has 3 heteroatoms. The first-order chi connectivity index (χ1) is 6.33. The molecule has 1 nitrogen and oxygen atoms in total. The molecule has 0 spiro atoms. The van der Waals surface area contributed by atoms with E-state index in [1.807, 2.05) is 30.9 Å². The van der Waals surface area contributed by atoms with Crippen molar-refractivity contribution < 1.29 is 0 Å². The van der Waals surface area contributed by atoms with E-state index in [2.05, 4.69) is 17.4 Å². The van der Waals surface area contributed by atoms with E-state index in [1.54, 1.807) is 0 Å². The summed E-state index contributed by atoms with van der Waals surface area (Å²) in [6.07, 6.45) is 1.20. The van der Waals surface area contributed by atoms with Crippen molar-refractivity contribution in [3.8, 4) is 0 Å².